The average Bonchev–Trinajstić information content (AvgIpc) is 3.24. The number of aryl methyl sites for hydroxylation is 1. The number of thiophene rings is 1. The Hall–Kier alpha value is -1.70. The van der Waals surface area contributed by atoms with E-state index in [-0.39, 0.29) is 23.5 Å². The minimum absolute atomic E-state index is 0.0107. The molecule has 3 rings (SSSR count). The van der Waals surface area contributed by atoms with E-state index in [9.17, 15) is 13.2 Å². The zero-order valence-electron chi connectivity index (χ0n) is 16.5. The fourth-order valence-corrected chi connectivity index (χ4v) is 6.23. The molecule has 1 saturated heterocycles. The SMILES string of the molecule is Cc1ccc(CN(CCc2ccccc2)CC(=O)N(C)[C@H]2CCS(=O)(=O)C2)s1. The van der Waals surface area contributed by atoms with Gasteiger partial charge in [0.25, 0.3) is 0 Å². The van der Waals surface area contributed by atoms with Crippen LogP contribution >= 0.6 is 11.3 Å². The van der Waals surface area contributed by atoms with E-state index in [1.807, 2.05) is 18.2 Å². The number of hydrogen-bond acceptors (Lipinski definition) is 5. The summed E-state index contributed by atoms with van der Waals surface area (Å²) in [5.41, 5.74) is 1.25. The fraction of sp³-hybridized carbons (Fsp3) is 0.476. The molecule has 7 heteroatoms. The predicted octanol–water partition coefficient (Wildman–Crippen LogP) is 2.75. The normalized spacial score (nSPS) is 18.5. The summed E-state index contributed by atoms with van der Waals surface area (Å²) in [6.07, 6.45) is 1.42. The zero-order valence-corrected chi connectivity index (χ0v) is 18.1. The van der Waals surface area contributed by atoms with E-state index in [4.69, 9.17) is 0 Å². The highest BCUT2D eigenvalue weighted by Crippen LogP contribution is 2.19. The quantitative estimate of drug-likeness (QED) is 0.659. The number of carbonyl (C=O) groups is 1. The van der Waals surface area contributed by atoms with E-state index in [0.717, 1.165) is 19.5 Å². The maximum Gasteiger partial charge on any atom is 0.236 e. The third kappa shape index (κ3) is 5.90. The molecule has 1 atom stereocenters. The van der Waals surface area contributed by atoms with Crippen molar-refractivity contribution in [3.63, 3.8) is 0 Å². The van der Waals surface area contributed by atoms with Crippen LogP contribution in [-0.2, 0) is 27.6 Å². The monoisotopic (exact) mass is 420 g/mol. The van der Waals surface area contributed by atoms with Crippen LogP contribution in [0.15, 0.2) is 42.5 Å². The first kappa shape index (κ1) is 21.0. The number of amides is 1. The van der Waals surface area contributed by atoms with Crippen LogP contribution in [0.25, 0.3) is 0 Å². The van der Waals surface area contributed by atoms with Crippen molar-refractivity contribution in [2.75, 3.05) is 31.6 Å². The van der Waals surface area contributed by atoms with Crippen molar-refractivity contribution >= 4 is 27.1 Å². The van der Waals surface area contributed by atoms with Gasteiger partial charge in [0.15, 0.2) is 9.84 Å². The zero-order chi connectivity index (χ0) is 20.1. The van der Waals surface area contributed by atoms with Gasteiger partial charge < -0.3 is 4.90 Å². The van der Waals surface area contributed by atoms with Crippen LogP contribution < -0.4 is 0 Å². The molecule has 0 unspecified atom stereocenters. The summed E-state index contributed by atoms with van der Waals surface area (Å²) in [7, 11) is -1.27. The van der Waals surface area contributed by atoms with Crippen molar-refractivity contribution in [2.24, 2.45) is 0 Å². The summed E-state index contributed by atoms with van der Waals surface area (Å²) in [6, 6.07) is 14.3. The number of likely N-dealkylation sites (N-methyl/N-ethyl adjacent to an activating group) is 1. The molecule has 152 valence electrons. The lowest BCUT2D eigenvalue weighted by atomic mass is 10.1. The predicted molar refractivity (Wildman–Crippen MR) is 114 cm³/mol. The van der Waals surface area contributed by atoms with Crippen LogP contribution in [0.5, 0.6) is 0 Å². The van der Waals surface area contributed by atoms with Gasteiger partial charge in [0.05, 0.1) is 18.1 Å². The number of benzene rings is 1. The van der Waals surface area contributed by atoms with Gasteiger partial charge in [-0.15, -0.1) is 11.3 Å². The Morgan fingerprint density at radius 2 is 1.93 bits per heavy atom. The standard InChI is InChI=1S/C21H28N2O3S2/c1-17-8-9-20(27-17)14-23(12-10-18-6-4-3-5-7-18)15-21(24)22(2)19-11-13-28(25,26)16-19/h3-9,19H,10-16H2,1-2H3/t19-/m0/s1. The summed E-state index contributed by atoms with van der Waals surface area (Å²) in [4.78, 5) is 19.2. The van der Waals surface area contributed by atoms with Crippen molar-refractivity contribution in [2.45, 2.75) is 32.4 Å². The average molecular weight is 421 g/mol. The molecule has 1 amide bonds. The van der Waals surface area contributed by atoms with Gasteiger partial charge in [-0.2, -0.15) is 0 Å². The minimum Gasteiger partial charge on any atom is -0.341 e. The number of rotatable bonds is 8. The van der Waals surface area contributed by atoms with Crippen molar-refractivity contribution < 1.29 is 13.2 Å². The van der Waals surface area contributed by atoms with E-state index in [2.05, 4.69) is 36.1 Å². The minimum atomic E-state index is -3.00. The number of carbonyl (C=O) groups excluding carboxylic acids is 1. The highest BCUT2D eigenvalue weighted by atomic mass is 32.2. The molecule has 0 N–H and O–H groups in total. The Balaban J connectivity index is 1.64. The van der Waals surface area contributed by atoms with Gasteiger partial charge >= 0.3 is 0 Å². The van der Waals surface area contributed by atoms with Crippen molar-refractivity contribution in [1.82, 2.24) is 9.80 Å². The summed E-state index contributed by atoms with van der Waals surface area (Å²) >= 11 is 1.75. The second kappa shape index (κ2) is 9.20. The number of hydrogen-bond donors (Lipinski definition) is 0. The van der Waals surface area contributed by atoms with Gasteiger partial charge in [0.2, 0.25) is 5.91 Å². The van der Waals surface area contributed by atoms with E-state index >= 15 is 0 Å². The van der Waals surface area contributed by atoms with E-state index < -0.39 is 9.84 Å². The summed E-state index contributed by atoms with van der Waals surface area (Å²) in [5.74, 6) is 0.258. The number of nitrogens with zero attached hydrogens (tertiary/aromatic N) is 2. The Morgan fingerprint density at radius 1 is 1.18 bits per heavy atom. The Labute approximate surface area is 171 Å². The van der Waals surface area contributed by atoms with Crippen molar-refractivity contribution in [1.29, 1.82) is 0 Å². The van der Waals surface area contributed by atoms with Crippen LogP contribution in [0.3, 0.4) is 0 Å². The number of sulfone groups is 1. The smallest absolute Gasteiger partial charge is 0.236 e. The van der Waals surface area contributed by atoms with E-state index in [0.29, 0.717) is 13.0 Å². The lowest BCUT2D eigenvalue weighted by Gasteiger charge is -2.28. The first-order chi connectivity index (χ1) is 13.3. The Morgan fingerprint density at radius 3 is 2.54 bits per heavy atom. The topological polar surface area (TPSA) is 57.7 Å². The van der Waals surface area contributed by atoms with Crippen LogP contribution in [0.4, 0.5) is 0 Å². The molecule has 1 aromatic heterocycles. The second-order valence-electron chi connectivity index (χ2n) is 7.52. The Kier molecular flexibility index (Phi) is 6.91. The first-order valence-corrected chi connectivity index (χ1v) is 12.2. The molecule has 0 radical (unpaired) electrons. The fourth-order valence-electron chi connectivity index (χ4n) is 3.52. The second-order valence-corrected chi connectivity index (χ2v) is 11.1. The lowest BCUT2D eigenvalue weighted by Crippen LogP contribution is -2.44. The molecule has 28 heavy (non-hydrogen) atoms. The van der Waals surface area contributed by atoms with Crippen LogP contribution in [-0.4, -0.2) is 61.8 Å². The van der Waals surface area contributed by atoms with Gasteiger partial charge in [-0.1, -0.05) is 30.3 Å². The molecule has 0 spiro atoms. The first-order valence-electron chi connectivity index (χ1n) is 9.60. The van der Waals surface area contributed by atoms with E-state index in [1.165, 1.54) is 15.3 Å². The lowest BCUT2D eigenvalue weighted by molar-refractivity contribution is -0.132. The summed E-state index contributed by atoms with van der Waals surface area (Å²) in [6.45, 7) is 3.90. The molecule has 5 nitrogen and oxygen atoms in total. The molecule has 1 aromatic carbocycles. The largest absolute Gasteiger partial charge is 0.341 e. The molecular formula is C21H28N2O3S2. The Bertz CT molecular complexity index is 893. The molecule has 0 saturated carbocycles. The van der Waals surface area contributed by atoms with Crippen LogP contribution in [0.1, 0.15) is 21.7 Å². The molecule has 1 aliphatic rings. The van der Waals surface area contributed by atoms with Gasteiger partial charge in [0, 0.05) is 35.9 Å². The molecule has 0 aliphatic carbocycles. The third-order valence-electron chi connectivity index (χ3n) is 5.24. The molecule has 2 aromatic rings. The van der Waals surface area contributed by atoms with Gasteiger partial charge in [-0.3, -0.25) is 9.69 Å². The van der Waals surface area contributed by atoms with Gasteiger partial charge in [-0.05, 0) is 37.5 Å². The van der Waals surface area contributed by atoms with E-state index in [1.54, 1.807) is 23.3 Å². The summed E-state index contributed by atoms with van der Waals surface area (Å²) in [5, 5.41) is 0. The van der Waals surface area contributed by atoms with Crippen molar-refractivity contribution in [3.8, 4) is 0 Å². The summed E-state index contributed by atoms with van der Waals surface area (Å²) < 4.78 is 23.5. The molecule has 1 fully saturated rings. The molecular weight excluding hydrogens is 392 g/mol. The van der Waals surface area contributed by atoms with Gasteiger partial charge in [0.1, 0.15) is 0 Å². The molecule has 0 bridgehead atoms. The van der Waals surface area contributed by atoms with Gasteiger partial charge in [-0.25, -0.2) is 8.42 Å². The third-order valence-corrected chi connectivity index (χ3v) is 7.98. The maximum absolute atomic E-state index is 12.9. The molecule has 2 heterocycles. The van der Waals surface area contributed by atoms with Crippen LogP contribution in [0, 0.1) is 6.92 Å². The highest BCUT2D eigenvalue weighted by Gasteiger charge is 2.33. The maximum atomic E-state index is 12.9. The molecule has 1 aliphatic heterocycles. The van der Waals surface area contributed by atoms with Crippen LogP contribution in [0.2, 0.25) is 0 Å². The highest BCUT2D eigenvalue weighted by molar-refractivity contribution is 7.91. The van der Waals surface area contributed by atoms with Crippen molar-refractivity contribution in [3.05, 3.63) is 57.8 Å².